The van der Waals surface area contributed by atoms with Gasteiger partial charge in [0, 0.05) is 24.2 Å². The van der Waals surface area contributed by atoms with Gasteiger partial charge >= 0.3 is 0 Å². The largest absolute Gasteiger partial charge is 0.379 e. The van der Waals surface area contributed by atoms with Gasteiger partial charge in [0.1, 0.15) is 0 Å². The van der Waals surface area contributed by atoms with E-state index in [2.05, 4.69) is 4.90 Å². The van der Waals surface area contributed by atoms with Gasteiger partial charge in [0.05, 0.1) is 31.5 Å². The van der Waals surface area contributed by atoms with E-state index < -0.39 is 17.4 Å². The smallest absolute Gasteiger partial charge is 0.265 e. The molecule has 2 atom stereocenters. The summed E-state index contributed by atoms with van der Waals surface area (Å²) >= 11 is 0. The summed E-state index contributed by atoms with van der Waals surface area (Å²) in [7, 11) is 0. The van der Waals surface area contributed by atoms with Gasteiger partial charge in [-0.1, -0.05) is 42.5 Å². The second-order valence-corrected chi connectivity index (χ2v) is 8.00. The van der Waals surface area contributed by atoms with Crippen molar-refractivity contribution in [3.8, 4) is 0 Å². The van der Waals surface area contributed by atoms with Crippen molar-refractivity contribution in [2.45, 2.75) is 18.4 Å². The van der Waals surface area contributed by atoms with Crippen LogP contribution in [0.2, 0.25) is 0 Å². The fraction of sp³-hybridized carbons (Fsp3) is 0.391. The zero-order chi connectivity index (χ0) is 20.0. The Morgan fingerprint density at radius 3 is 2.59 bits per heavy atom. The minimum absolute atomic E-state index is 0.147. The number of rotatable bonds is 3. The highest BCUT2D eigenvalue weighted by atomic mass is 16.5. The van der Waals surface area contributed by atoms with Crippen LogP contribution in [-0.4, -0.2) is 54.7 Å². The molecule has 1 fully saturated rings. The molecule has 1 aliphatic carbocycles. The SMILES string of the molecule is O=C1c2ccccc2CC[C@H]1[C@]1(O)C(=O)N(CN2CCOCC2)c2ccccc21. The molecular formula is C23H24N2O4. The number of ketones is 1. The summed E-state index contributed by atoms with van der Waals surface area (Å²) in [5, 5.41) is 11.8. The lowest BCUT2D eigenvalue weighted by Crippen LogP contribution is -2.52. The molecule has 29 heavy (non-hydrogen) atoms. The molecule has 2 aliphatic heterocycles. The second-order valence-electron chi connectivity index (χ2n) is 8.00. The highest BCUT2D eigenvalue weighted by molar-refractivity contribution is 6.12. The lowest BCUT2D eigenvalue weighted by Gasteiger charge is -2.35. The van der Waals surface area contributed by atoms with Crippen molar-refractivity contribution in [3.63, 3.8) is 0 Å². The van der Waals surface area contributed by atoms with Gasteiger partial charge in [0.25, 0.3) is 5.91 Å². The number of fused-ring (bicyclic) bond motifs is 2. The van der Waals surface area contributed by atoms with Crippen LogP contribution in [0.25, 0.3) is 0 Å². The Labute approximate surface area is 169 Å². The summed E-state index contributed by atoms with van der Waals surface area (Å²) in [5.41, 5.74) is 1.01. The number of carbonyl (C=O) groups excluding carboxylic acids is 2. The number of Topliss-reactive ketones (excluding diaryl/α,β-unsaturated/α-hetero) is 1. The van der Waals surface area contributed by atoms with Crippen LogP contribution in [0.4, 0.5) is 5.69 Å². The maximum atomic E-state index is 13.6. The third-order valence-corrected chi connectivity index (χ3v) is 6.43. The normalized spacial score (nSPS) is 27.1. The van der Waals surface area contributed by atoms with Gasteiger partial charge in [-0.25, -0.2) is 0 Å². The molecule has 2 aromatic carbocycles. The highest BCUT2D eigenvalue weighted by Crippen LogP contribution is 2.48. The van der Waals surface area contributed by atoms with Crippen LogP contribution in [0.3, 0.4) is 0 Å². The van der Waals surface area contributed by atoms with Crippen molar-refractivity contribution in [3.05, 3.63) is 65.2 Å². The molecule has 2 heterocycles. The molecule has 0 spiro atoms. The van der Waals surface area contributed by atoms with Crippen molar-refractivity contribution < 1.29 is 19.4 Å². The summed E-state index contributed by atoms with van der Waals surface area (Å²) in [5.74, 6) is -1.32. The summed E-state index contributed by atoms with van der Waals surface area (Å²) in [6.45, 7) is 3.12. The van der Waals surface area contributed by atoms with E-state index in [0.717, 1.165) is 18.7 Å². The Hall–Kier alpha value is -2.54. The Morgan fingerprint density at radius 2 is 1.76 bits per heavy atom. The first-order chi connectivity index (χ1) is 14.1. The molecule has 0 aromatic heterocycles. The average molecular weight is 392 g/mol. The Balaban J connectivity index is 1.53. The van der Waals surface area contributed by atoms with Crippen LogP contribution in [0.5, 0.6) is 0 Å². The second kappa shape index (κ2) is 7.06. The minimum atomic E-state index is -1.83. The average Bonchev–Trinajstić information content (AvgIpc) is 2.98. The summed E-state index contributed by atoms with van der Waals surface area (Å²) in [6.07, 6.45) is 1.13. The number of anilines is 1. The first-order valence-electron chi connectivity index (χ1n) is 10.2. The molecule has 3 aliphatic rings. The van der Waals surface area contributed by atoms with Gasteiger partial charge in [-0.2, -0.15) is 0 Å². The van der Waals surface area contributed by atoms with Crippen molar-refractivity contribution in [1.29, 1.82) is 0 Å². The molecule has 0 unspecified atom stereocenters. The third kappa shape index (κ3) is 2.82. The predicted molar refractivity (Wildman–Crippen MR) is 108 cm³/mol. The third-order valence-electron chi connectivity index (χ3n) is 6.43. The lowest BCUT2D eigenvalue weighted by atomic mass is 9.71. The van der Waals surface area contributed by atoms with Gasteiger partial charge in [0.2, 0.25) is 0 Å². The maximum Gasteiger partial charge on any atom is 0.265 e. The summed E-state index contributed by atoms with van der Waals surface area (Å²) in [6, 6.07) is 14.8. The van der Waals surface area contributed by atoms with E-state index in [4.69, 9.17) is 4.74 Å². The van der Waals surface area contributed by atoms with E-state index in [0.29, 0.717) is 49.5 Å². The number of nitrogens with zero attached hydrogens (tertiary/aromatic N) is 2. The molecule has 1 saturated heterocycles. The molecule has 5 rings (SSSR count). The number of amides is 1. The number of ether oxygens (including phenoxy) is 1. The van der Waals surface area contributed by atoms with Gasteiger partial charge in [-0.3, -0.25) is 19.4 Å². The fourth-order valence-electron chi connectivity index (χ4n) is 4.88. The number of hydrogen-bond acceptors (Lipinski definition) is 5. The summed E-state index contributed by atoms with van der Waals surface area (Å²) < 4.78 is 5.40. The van der Waals surface area contributed by atoms with E-state index in [-0.39, 0.29) is 5.78 Å². The lowest BCUT2D eigenvalue weighted by molar-refractivity contribution is -0.141. The van der Waals surface area contributed by atoms with Gasteiger partial charge < -0.3 is 9.84 Å². The van der Waals surface area contributed by atoms with Crippen LogP contribution in [0, 0.1) is 5.92 Å². The molecular weight excluding hydrogens is 368 g/mol. The van der Waals surface area contributed by atoms with Crippen molar-refractivity contribution in [2.24, 2.45) is 5.92 Å². The van der Waals surface area contributed by atoms with Crippen LogP contribution in [0.1, 0.15) is 27.9 Å². The van der Waals surface area contributed by atoms with E-state index in [1.54, 1.807) is 17.0 Å². The molecule has 150 valence electrons. The first kappa shape index (κ1) is 18.5. The Bertz CT molecular complexity index is 969. The number of morpholine rings is 1. The number of aliphatic hydroxyl groups is 1. The van der Waals surface area contributed by atoms with Gasteiger partial charge in [0.15, 0.2) is 11.4 Å². The molecule has 6 heteroatoms. The van der Waals surface area contributed by atoms with Crippen molar-refractivity contribution in [2.75, 3.05) is 37.9 Å². The molecule has 0 bridgehead atoms. The number of para-hydroxylation sites is 1. The molecule has 0 saturated carbocycles. The first-order valence-corrected chi connectivity index (χ1v) is 10.2. The molecule has 0 radical (unpaired) electrons. The van der Waals surface area contributed by atoms with Gasteiger partial charge in [-0.15, -0.1) is 0 Å². The Kier molecular flexibility index (Phi) is 4.50. The number of hydrogen-bond donors (Lipinski definition) is 1. The zero-order valence-electron chi connectivity index (χ0n) is 16.2. The number of benzene rings is 2. The Morgan fingerprint density at radius 1 is 1.03 bits per heavy atom. The van der Waals surface area contributed by atoms with E-state index in [9.17, 15) is 14.7 Å². The topological polar surface area (TPSA) is 70.1 Å². The standard InChI is InChI=1S/C23H24N2O4/c26-21-17-6-2-1-5-16(17)9-10-19(21)23(28)18-7-3-4-8-20(18)25(22(23)27)15-24-11-13-29-14-12-24/h1-8,19,28H,9-15H2/t19-,23+/m1/s1. The number of aryl methyl sites for hydroxylation is 1. The van der Waals surface area contributed by atoms with E-state index in [1.165, 1.54) is 0 Å². The van der Waals surface area contributed by atoms with Crippen molar-refractivity contribution in [1.82, 2.24) is 4.90 Å². The fourth-order valence-corrected chi connectivity index (χ4v) is 4.88. The maximum absolute atomic E-state index is 13.6. The number of carbonyl (C=O) groups is 2. The van der Waals surface area contributed by atoms with Crippen molar-refractivity contribution >= 4 is 17.4 Å². The molecule has 1 amide bonds. The quantitative estimate of drug-likeness (QED) is 0.865. The summed E-state index contributed by atoms with van der Waals surface area (Å²) in [4.78, 5) is 30.7. The molecule has 6 nitrogen and oxygen atoms in total. The predicted octanol–water partition coefficient (Wildman–Crippen LogP) is 1.96. The monoisotopic (exact) mass is 392 g/mol. The van der Waals surface area contributed by atoms with Gasteiger partial charge in [-0.05, 0) is 24.5 Å². The van der Waals surface area contributed by atoms with Crippen LogP contribution < -0.4 is 4.90 Å². The van der Waals surface area contributed by atoms with Crippen LogP contribution in [-0.2, 0) is 21.6 Å². The van der Waals surface area contributed by atoms with E-state index in [1.807, 2.05) is 36.4 Å². The van der Waals surface area contributed by atoms with Crippen LogP contribution >= 0.6 is 0 Å². The zero-order valence-corrected chi connectivity index (χ0v) is 16.2. The minimum Gasteiger partial charge on any atom is -0.379 e. The molecule has 2 aromatic rings. The van der Waals surface area contributed by atoms with Crippen LogP contribution in [0.15, 0.2) is 48.5 Å². The van der Waals surface area contributed by atoms with E-state index >= 15 is 0 Å². The highest BCUT2D eigenvalue weighted by Gasteiger charge is 2.57. The molecule has 1 N–H and O–H groups in total.